The third-order valence-corrected chi connectivity index (χ3v) is 7.35. The molecule has 0 saturated heterocycles. The van der Waals surface area contributed by atoms with Gasteiger partial charge >= 0.3 is 5.97 Å². The van der Waals surface area contributed by atoms with Gasteiger partial charge < -0.3 is 20.1 Å². The van der Waals surface area contributed by atoms with E-state index in [1.807, 2.05) is 0 Å². The van der Waals surface area contributed by atoms with Gasteiger partial charge in [-0.05, 0) is 42.5 Å². The van der Waals surface area contributed by atoms with Crippen molar-refractivity contribution < 1.29 is 23.4 Å². The lowest BCUT2D eigenvalue weighted by molar-refractivity contribution is -0.172. The number of aromatic nitrogens is 2. The van der Waals surface area contributed by atoms with E-state index >= 15 is 0 Å². The number of fused-ring (bicyclic) bond motifs is 5. The summed E-state index contributed by atoms with van der Waals surface area (Å²) in [5.41, 5.74) is 8.25. The summed E-state index contributed by atoms with van der Waals surface area (Å²) in [4.78, 5) is 30.5. The molecular weight excluding hydrogens is 432 g/mol. The zero-order chi connectivity index (χ0) is 23.2. The minimum atomic E-state index is -2.60. The molecule has 1 unspecified atom stereocenters. The minimum Gasteiger partial charge on any atom is -0.458 e. The van der Waals surface area contributed by atoms with Crippen LogP contribution in [0.25, 0.3) is 22.3 Å². The van der Waals surface area contributed by atoms with Crippen LogP contribution < -0.4 is 11.3 Å². The molecule has 0 saturated carbocycles. The second-order valence-electron chi connectivity index (χ2n) is 8.93. The van der Waals surface area contributed by atoms with E-state index in [1.54, 1.807) is 19.1 Å². The molecule has 2 aliphatic heterocycles. The first kappa shape index (κ1) is 20.4. The molecule has 2 atom stereocenters. The highest BCUT2D eigenvalue weighted by Crippen LogP contribution is 2.45. The van der Waals surface area contributed by atoms with E-state index in [-0.39, 0.29) is 47.9 Å². The fraction of sp³-hybridized carbons (Fsp3) is 0.375. The van der Waals surface area contributed by atoms with Crippen LogP contribution in [0, 0.1) is 0 Å². The fourth-order valence-corrected chi connectivity index (χ4v) is 5.62. The number of hydrogen-bond acceptors (Lipinski definition) is 6. The van der Waals surface area contributed by atoms with Crippen molar-refractivity contribution >= 4 is 16.9 Å². The van der Waals surface area contributed by atoms with Crippen LogP contribution >= 0.6 is 0 Å². The number of aryl methyl sites for hydroxylation is 1. The Bertz CT molecular complexity index is 1450. The van der Waals surface area contributed by atoms with Crippen LogP contribution in [0.15, 0.2) is 23.0 Å². The zero-order valence-corrected chi connectivity index (χ0v) is 17.8. The van der Waals surface area contributed by atoms with Gasteiger partial charge in [0.2, 0.25) is 0 Å². The number of esters is 1. The number of rotatable bonds is 2. The van der Waals surface area contributed by atoms with E-state index in [1.165, 1.54) is 10.6 Å². The highest BCUT2D eigenvalue weighted by Gasteiger charge is 2.45. The van der Waals surface area contributed by atoms with Crippen molar-refractivity contribution in [3.8, 4) is 11.4 Å². The van der Waals surface area contributed by atoms with Crippen LogP contribution in [0.1, 0.15) is 65.6 Å². The maximum absolute atomic E-state index is 13.7. The fourth-order valence-electron chi connectivity index (χ4n) is 5.62. The molecule has 1 aromatic carbocycles. The van der Waals surface area contributed by atoms with Crippen molar-refractivity contribution in [3.05, 3.63) is 61.9 Å². The van der Waals surface area contributed by atoms with Crippen LogP contribution in [-0.4, -0.2) is 20.6 Å². The predicted octanol–water partition coefficient (Wildman–Crippen LogP) is 2.96. The Kier molecular flexibility index (Phi) is 4.14. The van der Waals surface area contributed by atoms with Crippen LogP contribution in [-0.2, 0) is 34.7 Å². The maximum Gasteiger partial charge on any atom is 0.343 e. The summed E-state index contributed by atoms with van der Waals surface area (Å²) in [6.07, 6.45) is -1.59. The monoisotopic (exact) mass is 453 g/mol. The van der Waals surface area contributed by atoms with Crippen LogP contribution in [0.3, 0.4) is 0 Å². The van der Waals surface area contributed by atoms with Gasteiger partial charge in [0.25, 0.3) is 12.0 Å². The van der Waals surface area contributed by atoms with Gasteiger partial charge in [-0.3, -0.25) is 4.79 Å². The molecule has 0 amide bonds. The molecule has 1 aliphatic carbocycles. The first-order chi connectivity index (χ1) is 15.8. The highest BCUT2D eigenvalue weighted by molar-refractivity contribution is 5.93. The SMILES string of the molecule is CC[C@@]1(O)C(=O)OCc2c1cc1n(c2=O)Cc2c-1nc1ccc(C(F)F)c3c1c2C(N)CC3. The van der Waals surface area contributed by atoms with Gasteiger partial charge in [-0.25, -0.2) is 18.6 Å². The van der Waals surface area contributed by atoms with E-state index in [0.717, 1.165) is 11.1 Å². The Labute approximate surface area is 186 Å². The maximum atomic E-state index is 13.7. The molecule has 3 aliphatic rings. The number of alkyl halides is 2. The van der Waals surface area contributed by atoms with Crippen LogP contribution in [0.4, 0.5) is 8.78 Å². The van der Waals surface area contributed by atoms with Crippen LogP contribution in [0.2, 0.25) is 0 Å². The molecule has 33 heavy (non-hydrogen) atoms. The number of aliphatic hydroxyl groups is 1. The zero-order valence-electron chi connectivity index (χ0n) is 17.8. The summed E-state index contributed by atoms with van der Waals surface area (Å²) in [6.45, 7) is 1.63. The Hall–Kier alpha value is -3.17. The molecule has 3 N–H and O–H groups in total. The van der Waals surface area contributed by atoms with E-state index in [9.17, 15) is 23.5 Å². The van der Waals surface area contributed by atoms with Gasteiger partial charge in [0.1, 0.15) is 6.61 Å². The smallest absolute Gasteiger partial charge is 0.343 e. The van der Waals surface area contributed by atoms with Crippen molar-refractivity contribution in [2.75, 3.05) is 0 Å². The Morgan fingerprint density at radius 1 is 1.30 bits per heavy atom. The standard InChI is InChI=1S/C24H21F2N3O4/c1-2-24(32)14-7-17-20-12(8-29(17)22(30)13(14)9-33-23(24)31)18-15(27)5-3-10-11(21(25)26)4-6-16(28-20)19(10)18/h4,6-7,15,21,32H,2-3,5,8-9,27H2,1H3/t15?,24-/m0/s1. The van der Waals surface area contributed by atoms with Crippen molar-refractivity contribution in [2.24, 2.45) is 5.73 Å². The van der Waals surface area contributed by atoms with E-state index in [2.05, 4.69) is 0 Å². The predicted molar refractivity (Wildman–Crippen MR) is 115 cm³/mol. The van der Waals surface area contributed by atoms with Crippen molar-refractivity contribution in [1.29, 1.82) is 0 Å². The molecule has 3 aromatic rings. The number of benzene rings is 1. The number of nitrogens with two attached hydrogens (primary N) is 1. The average Bonchev–Trinajstić information content (AvgIpc) is 3.17. The number of nitrogens with zero attached hydrogens (tertiary/aromatic N) is 2. The molecule has 9 heteroatoms. The molecule has 4 heterocycles. The second-order valence-corrected chi connectivity index (χ2v) is 8.93. The summed E-state index contributed by atoms with van der Waals surface area (Å²) in [5, 5.41) is 11.7. The summed E-state index contributed by atoms with van der Waals surface area (Å²) in [7, 11) is 0. The Morgan fingerprint density at radius 2 is 2.09 bits per heavy atom. The van der Waals surface area contributed by atoms with Crippen molar-refractivity contribution in [1.82, 2.24) is 9.55 Å². The molecule has 2 aromatic heterocycles. The summed E-state index contributed by atoms with van der Waals surface area (Å²) < 4.78 is 34.0. The van der Waals surface area contributed by atoms with Crippen LogP contribution in [0.5, 0.6) is 0 Å². The number of carbonyl (C=O) groups excluding carboxylic acids is 1. The number of carbonyl (C=O) groups is 1. The lowest BCUT2D eigenvalue weighted by Gasteiger charge is -2.31. The first-order valence-electron chi connectivity index (χ1n) is 11.0. The topological polar surface area (TPSA) is 107 Å². The van der Waals surface area contributed by atoms with Gasteiger partial charge in [0.15, 0.2) is 5.60 Å². The van der Waals surface area contributed by atoms with E-state index in [4.69, 9.17) is 15.5 Å². The minimum absolute atomic E-state index is 0.00999. The molecule has 170 valence electrons. The van der Waals surface area contributed by atoms with E-state index < -0.39 is 18.0 Å². The summed E-state index contributed by atoms with van der Waals surface area (Å²) in [5.74, 6) is -0.784. The number of ether oxygens (including phenoxy) is 1. The lowest BCUT2D eigenvalue weighted by Crippen LogP contribution is -2.44. The molecule has 0 radical (unpaired) electrons. The average molecular weight is 453 g/mol. The number of cyclic esters (lactones) is 1. The molecular formula is C24H21F2N3O4. The van der Waals surface area contributed by atoms with Crippen molar-refractivity contribution in [3.63, 3.8) is 0 Å². The van der Waals surface area contributed by atoms with E-state index in [0.29, 0.717) is 40.7 Å². The summed E-state index contributed by atoms with van der Waals surface area (Å²) in [6, 6.07) is 4.24. The highest BCUT2D eigenvalue weighted by atomic mass is 19.3. The van der Waals surface area contributed by atoms with Gasteiger partial charge in [0, 0.05) is 28.1 Å². The normalized spacial score (nSPS) is 22.8. The second kappa shape index (κ2) is 6.68. The molecule has 0 spiro atoms. The quantitative estimate of drug-likeness (QED) is 0.452. The molecule has 0 fully saturated rings. The van der Waals surface area contributed by atoms with Gasteiger partial charge in [0.05, 0.1) is 29.0 Å². The number of pyridine rings is 2. The first-order valence-corrected chi connectivity index (χ1v) is 11.0. The molecule has 6 rings (SSSR count). The van der Waals surface area contributed by atoms with Gasteiger partial charge in [-0.2, -0.15) is 0 Å². The lowest BCUT2D eigenvalue weighted by atomic mass is 9.82. The molecule has 0 bridgehead atoms. The molecule has 7 nitrogen and oxygen atoms in total. The van der Waals surface area contributed by atoms with Gasteiger partial charge in [-0.1, -0.05) is 13.0 Å². The number of hydrogen-bond donors (Lipinski definition) is 2. The largest absolute Gasteiger partial charge is 0.458 e. The Morgan fingerprint density at radius 3 is 2.82 bits per heavy atom. The number of halogens is 2. The van der Waals surface area contributed by atoms with Crippen molar-refractivity contribution in [2.45, 2.75) is 57.4 Å². The van der Waals surface area contributed by atoms with Gasteiger partial charge in [-0.15, -0.1) is 0 Å². The third kappa shape index (κ3) is 2.52. The Balaban J connectivity index is 1.67. The summed E-state index contributed by atoms with van der Waals surface area (Å²) >= 11 is 0. The third-order valence-electron chi connectivity index (χ3n) is 7.35.